The van der Waals surface area contributed by atoms with Crippen LogP contribution in [0.15, 0.2) is 48.5 Å². The molecule has 6 atom stereocenters. The van der Waals surface area contributed by atoms with Crippen molar-refractivity contribution >= 4 is 45.8 Å². The van der Waals surface area contributed by atoms with Gasteiger partial charge >= 0.3 is 6.18 Å². The largest absolute Gasteiger partial charge is 0.418 e. The summed E-state index contributed by atoms with van der Waals surface area (Å²) < 4.78 is 41.8. The van der Waals surface area contributed by atoms with E-state index in [1.165, 1.54) is 6.07 Å². The monoisotopic (exact) mass is 671 g/mol. The summed E-state index contributed by atoms with van der Waals surface area (Å²) in [6, 6.07) is 11.5. The Hall–Kier alpha value is -3.93. The number of halogens is 3. The molecule has 0 bridgehead atoms. The van der Waals surface area contributed by atoms with Crippen molar-refractivity contribution < 1.29 is 27.6 Å². The van der Waals surface area contributed by atoms with Crippen molar-refractivity contribution in [3.05, 3.63) is 70.9 Å². The Bertz CT molecular complexity index is 1630. The lowest BCUT2D eigenvalue weighted by atomic mass is 9.78. The predicted octanol–water partition coefficient (Wildman–Crippen LogP) is 5.68. The Morgan fingerprint density at radius 2 is 1.57 bits per heavy atom. The predicted molar refractivity (Wildman–Crippen MR) is 181 cm³/mol. The van der Waals surface area contributed by atoms with Crippen molar-refractivity contribution in [2.75, 3.05) is 0 Å². The number of amides is 3. The molecule has 2 aromatic carbocycles. The number of H-pyrrole nitrogens is 1. The average Bonchev–Trinajstić information content (AvgIpc) is 3.42. The van der Waals surface area contributed by atoms with E-state index in [1.807, 2.05) is 58.0 Å². The van der Waals surface area contributed by atoms with E-state index in [4.69, 9.17) is 18.0 Å². The number of thiocarbonyl (C=S) groups is 1. The van der Waals surface area contributed by atoms with Gasteiger partial charge < -0.3 is 26.7 Å². The number of aromatic amines is 1. The number of hydrogen-bond donors (Lipinski definition) is 5. The molecule has 3 amide bonds. The summed E-state index contributed by atoms with van der Waals surface area (Å²) in [4.78, 5) is 45.0. The summed E-state index contributed by atoms with van der Waals surface area (Å²) in [7, 11) is 0. The molecule has 0 saturated heterocycles. The van der Waals surface area contributed by atoms with E-state index in [2.05, 4.69) is 20.9 Å². The van der Waals surface area contributed by atoms with Crippen LogP contribution in [0, 0.1) is 11.8 Å². The van der Waals surface area contributed by atoms with E-state index in [0.29, 0.717) is 29.5 Å². The molecule has 8 nitrogen and oxygen atoms in total. The second-order valence-electron chi connectivity index (χ2n) is 12.8. The molecular weight excluding hydrogens is 627 g/mol. The molecule has 0 radical (unpaired) electrons. The van der Waals surface area contributed by atoms with Gasteiger partial charge in [0, 0.05) is 17.5 Å². The minimum absolute atomic E-state index is 0.0622. The zero-order chi connectivity index (χ0) is 34.7. The summed E-state index contributed by atoms with van der Waals surface area (Å²) in [6.07, 6.45) is -3.15. The third-order valence-corrected chi connectivity index (χ3v) is 9.96. The van der Waals surface area contributed by atoms with Crippen molar-refractivity contribution in [3.63, 3.8) is 0 Å². The lowest BCUT2D eigenvalue weighted by Crippen LogP contribution is -2.67. The molecule has 2 unspecified atom stereocenters. The minimum atomic E-state index is -4.59. The number of aromatic nitrogens is 1. The van der Waals surface area contributed by atoms with Crippen LogP contribution in [-0.4, -0.2) is 45.3 Å². The van der Waals surface area contributed by atoms with Crippen LogP contribution in [0.5, 0.6) is 0 Å². The van der Waals surface area contributed by atoms with Crippen LogP contribution in [0.1, 0.15) is 82.2 Å². The number of para-hydroxylation sites is 1. The standard InChI is InChI=1S/C35H44F3N5O3S/c1-6-19(3)27(30(39)47)42-33(46)34(17-16-26-24(18-34)23-14-11-15-25(29(23)40-26)35(36,37)38)43-32(45)28(20(4)7-2)41-31(44)21(5)22-12-9-8-10-13-22/h8-15,19-21,27-28,40H,6-7,16-18H2,1-5H3,(H2,39,47)(H,41,44)(H,42,46)(H,43,45)/t19?,20?,21-,27-,28-,34+/m0/s1. The molecule has 0 saturated carbocycles. The summed E-state index contributed by atoms with van der Waals surface area (Å²) in [6.45, 7) is 9.33. The molecule has 0 spiro atoms. The lowest BCUT2D eigenvalue weighted by molar-refractivity contribution is -0.137. The third-order valence-electron chi connectivity index (χ3n) is 9.70. The van der Waals surface area contributed by atoms with Crippen molar-refractivity contribution in [2.45, 2.75) is 96.4 Å². The third kappa shape index (κ3) is 7.63. The SMILES string of the molecule is CCC(C)[C@H](NC(=O)[C@@H](C)c1ccccc1)C(=O)N[C@]1(C(=O)N[C@H](C(N)=S)C(C)CC)CCc2[nH]c3c(C(F)(F)F)cccc3c2C1. The van der Waals surface area contributed by atoms with Crippen molar-refractivity contribution in [1.29, 1.82) is 0 Å². The first-order valence-corrected chi connectivity index (χ1v) is 16.5. The van der Waals surface area contributed by atoms with Crippen LogP contribution in [0.25, 0.3) is 10.9 Å². The van der Waals surface area contributed by atoms with Crippen molar-refractivity contribution in [3.8, 4) is 0 Å². The minimum Gasteiger partial charge on any atom is -0.392 e. The van der Waals surface area contributed by atoms with Crippen LogP contribution in [0.4, 0.5) is 13.2 Å². The summed E-state index contributed by atoms with van der Waals surface area (Å²) in [5.74, 6) is -2.39. The molecule has 6 N–H and O–H groups in total. The highest BCUT2D eigenvalue weighted by Gasteiger charge is 2.47. The molecule has 1 aliphatic rings. The van der Waals surface area contributed by atoms with Gasteiger partial charge in [0.2, 0.25) is 17.7 Å². The van der Waals surface area contributed by atoms with Gasteiger partial charge in [0.25, 0.3) is 0 Å². The topological polar surface area (TPSA) is 129 Å². The van der Waals surface area contributed by atoms with Crippen LogP contribution < -0.4 is 21.7 Å². The number of benzene rings is 2. The Labute approximate surface area is 278 Å². The normalized spacial score (nSPS) is 19.5. The maximum Gasteiger partial charge on any atom is 0.418 e. The van der Waals surface area contributed by atoms with Gasteiger partial charge in [-0.3, -0.25) is 14.4 Å². The van der Waals surface area contributed by atoms with Crippen molar-refractivity contribution in [1.82, 2.24) is 20.9 Å². The number of hydrogen-bond acceptors (Lipinski definition) is 4. The summed E-state index contributed by atoms with van der Waals surface area (Å²) >= 11 is 5.29. The molecule has 254 valence electrons. The van der Waals surface area contributed by atoms with E-state index < -0.39 is 47.1 Å². The number of nitrogens with two attached hydrogens (primary N) is 1. The highest BCUT2D eigenvalue weighted by molar-refractivity contribution is 7.80. The lowest BCUT2D eigenvalue weighted by Gasteiger charge is -2.40. The fraction of sp³-hybridized carbons (Fsp3) is 0.486. The van der Waals surface area contributed by atoms with Gasteiger partial charge in [-0.05, 0) is 48.8 Å². The highest BCUT2D eigenvalue weighted by Crippen LogP contribution is 2.40. The van der Waals surface area contributed by atoms with Crippen molar-refractivity contribution in [2.24, 2.45) is 17.6 Å². The number of carbonyl (C=O) groups is 3. The number of nitrogens with one attached hydrogen (secondary N) is 4. The molecular formula is C35H44F3N5O3S. The average molecular weight is 672 g/mol. The summed E-state index contributed by atoms with van der Waals surface area (Å²) in [5.41, 5.74) is 5.48. The van der Waals surface area contributed by atoms with E-state index in [1.54, 1.807) is 13.0 Å². The fourth-order valence-electron chi connectivity index (χ4n) is 6.26. The van der Waals surface area contributed by atoms with E-state index in [0.717, 1.165) is 11.6 Å². The zero-order valence-electron chi connectivity index (χ0n) is 27.4. The van der Waals surface area contributed by atoms with Gasteiger partial charge in [0.05, 0.1) is 28.0 Å². The Balaban J connectivity index is 1.74. The maximum atomic E-state index is 14.3. The number of aryl methyl sites for hydroxylation is 1. The molecule has 47 heavy (non-hydrogen) atoms. The van der Waals surface area contributed by atoms with Crippen LogP contribution in [-0.2, 0) is 33.4 Å². The second-order valence-corrected chi connectivity index (χ2v) is 13.3. The smallest absolute Gasteiger partial charge is 0.392 e. The first kappa shape index (κ1) is 35.9. The number of rotatable bonds is 12. The summed E-state index contributed by atoms with van der Waals surface area (Å²) in [5, 5.41) is 9.18. The quantitative estimate of drug-likeness (QED) is 0.158. The Kier molecular flexibility index (Phi) is 11.0. The molecule has 3 aromatic rings. The molecule has 1 aliphatic carbocycles. The zero-order valence-corrected chi connectivity index (χ0v) is 28.2. The number of carbonyl (C=O) groups excluding carboxylic acids is 3. The van der Waals surface area contributed by atoms with E-state index in [9.17, 15) is 27.6 Å². The van der Waals surface area contributed by atoms with E-state index in [-0.39, 0.29) is 47.5 Å². The van der Waals surface area contributed by atoms with Gasteiger partial charge in [-0.1, -0.05) is 95.2 Å². The first-order chi connectivity index (χ1) is 22.1. The molecule has 12 heteroatoms. The fourth-order valence-corrected chi connectivity index (χ4v) is 6.55. The van der Waals surface area contributed by atoms with Gasteiger partial charge in [-0.15, -0.1) is 0 Å². The Morgan fingerprint density at radius 3 is 2.17 bits per heavy atom. The van der Waals surface area contributed by atoms with Gasteiger partial charge in [0.15, 0.2) is 0 Å². The Morgan fingerprint density at radius 1 is 0.936 bits per heavy atom. The maximum absolute atomic E-state index is 14.3. The molecule has 0 aliphatic heterocycles. The second kappa shape index (κ2) is 14.5. The molecule has 0 fully saturated rings. The number of fused-ring (bicyclic) bond motifs is 3. The highest BCUT2D eigenvalue weighted by atomic mass is 32.1. The van der Waals surface area contributed by atoms with Gasteiger partial charge in [-0.2, -0.15) is 13.2 Å². The molecule has 1 aromatic heterocycles. The van der Waals surface area contributed by atoms with Gasteiger partial charge in [-0.25, -0.2) is 0 Å². The van der Waals surface area contributed by atoms with E-state index >= 15 is 0 Å². The van der Waals surface area contributed by atoms with Gasteiger partial charge in [0.1, 0.15) is 11.6 Å². The molecule has 4 rings (SSSR count). The molecule has 1 heterocycles. The first-order valence-electron chi connectivity index (χ1n) is 16.1. The van der Waals surface area contributed by atoms with Crippen LogP contribution in [0.2, 0.25) is 0 Å². The van der Waals surface area contributed by atoms with Crippen LogP contribution in [0.3, 0.4) is 0 Å². The van der Waals surface area contributed by atoms with Crippen LogP contribution >= 0.6 is 12.2 Å². The number of alkyl halides is 3.